The molecule has 0 spiro atoms. The summed E-state index contributed by atoms with van der Waals surface area (Å²) in [6.07, 6.45) is 6.32. The molecule has 0 radical (unpaired) electrons. The van der Waals surface area contributed by atoms with Gasteiger partial charge in [0.2, 0.25) is 11.8 Å². The first-order chi connectivity index (χ1) is 8.54. The maximum atomic E-state index is 12.0. The lowest BCUT2D eigenvalue weighted by Crippen LogP contribution is -2.48. The maximum absolute atomic E-state index is 12.0. The standard InChI is InChI=1S/C14H26N2O2/c1-4-10(2)15-13(17)11(3)16-14(18)12-8-6-5-7-9-12/h10-12H,4-9H2,1-3H3,(H,15,17)(H,16,18)/t10-,11-/m1/s1. The SMILES string of the molecule is CC[C@@H](C)NC(=O)[C@@H](C)NC(=O)C1CCCCC1. The van der Waals surface area contributed by atoms with Gasteiger partial charge in [-0.3, -0.25) is 9.59 Å². The van der Waals surface area contributed by atoms with Gasteiger partial charge in [-0.05, 0) is 33.1 Å². The molecule has 1 saturated carbocycles. The van der Waals surface area contributed by atoms with Gasteiger partial charge in [-0.15, -0.1) is 0 Å². The molecule has 0 bridgehead atoms. The van der Waals surface area contributed by atoms with Crippen molar-refractivity contribution >= 4 is 11.8 Å². The van der Waals surface area contributed by atoms with Crippen LogP contribution in [0.1, 0.15) is 59.3 Å². The third kappa shape index (κ3) is 4.67. The van der Waals surface area contributed by atoms with Crippen molar-refractivity contribution in [3.63, 3.8) is 0 Å². The maximum Gasteiger partial charge on any atom is 0.242 e. The molecule has 1 aliphatic rings. The van der Waals surface area contributed by atoms with Crippen LogP contribution in [0.15, 0.2) is 0 Å². The molecule has 1 rings (SSSR count). The highest BCUT2D eigenvalue weighted by Crippen LogP contribution is 2.23. The lowest BCUT2D eigenvalue weighted by molar-refractivity contribution is -0.131. The lowest BCUT2D eigenvalue weighted by atomic mass is 9.88. The highest BCUT2D eigenvalue weighted by atomic mass is 16.2. The zero-order valence-electron chi connectivity index (χ0n) is 11.8. The first-order valence-electron chi connectivity index (χ1n) is 7.15. The Balaban J connectivity index is 2.35. The van der Waals surface area contributed by atoms with E-state index in [2.05, 4.69) is 10.6 Å². The van der Waals surface area contributed by atoms with Crippen LogP contribution in [0.2, 0.25) is 0 Å². The molecular formula is C14H26N2O2. The number of hydrogen-bond acceptors (Lipinski definition) is 2. The minimum atomic E-state index is -0.437. The van der Waals surface area contributed by atoms with E-state index in [-0.39, 0.29) is 23.8 Å². The molecular weight excluding hydrogens is 228 g/mol. The number of amides is 2. The molecule has 0 heterocycles. The average molecular weight is 254 g/mol. The Morgan fingerprint density at radius 2 is 1.72 bits per heavy atom. The second kappa shape index (κ2) is 7.39. The second-order valence-electron chi connectivity index (χ2n) is 5.38. The van der Waals surface area contributed by atoms with Gasteiger partial charge >= 0.3 is 0 Å². The van der Waals surface area contributed by atoms with Crippen molar-refractivity contribution in [2.24, 2.45) is 5.92 Å². The first kappa shape index (κ1) is 15.0. The third-order valence-electron chi connectivity index (χ3n) is 3.73. The van der Waals surface area contributed by atoms with Crippen LogP contribution in [0.3, 0.4) is 0 Å². The van der Waals surface area contributed by atoms with E-state index in [9.17, 15) is 9.59 Å². The van der Waals surface area contributed by atoms with Gasteiger partial charge in [0.25, 0.3) is 0 Å². The number of rotatable bonds is 5. The Hall–Kier alpha value is -1.06. The molecule has 2 amide bonds. The van der Waals surface area contributed by atoms with Crippen molar-refractivity contribution in [3.8, 4) is 0 Å². The minimum absolute atomic E-state index is 0.0431. The van der Waals surface area contributed by atoms with E-state index in [4.69, 9.17) is 0 Å². The number of carbonyl (C=O) groups excluding carboxylic acids is 2. The summed E-state index contributed by atoms with van der Waals surface area (Å²) in [7, 11) is 0. The molecule has 0 aromatic rings. The summed E-state index contributed by atoms with van der Waals surface area (Å²) in [5.74, 6) is 0.0626. The van der Waals surface area contributed by atoms with Crippen LogP contribution in [0.25, 0.3) is 0 Å². The second-order valence-corrected chi connectivity index (χ2v) is 5.38. The summed E-state index contributed by atoms with van der Waals surface area (Å²) < 4.78 is 0. The minimum Gasteiger partial charge on any atom is -0.352 e. The molecule has 2 N–H and O–H groups in total. The Morgan fingerprint density at radius 1 is 1.11 bits per heavy atom. The Morgan fingerprint density at radius 3 is 2.28 bits per heavy atom. The fraction of sp³-hybridized carbons (Fsp3) is 0.857. The van der Waals surface area contributed by atoms with Crippen LogP contribution < -0.4 is 10.6 Å². The molecule has 0 aromatic carbocycles. The summed E-state index contributed by atoms with van der Waals surface area (Å²) in [5, 5.41) is 5.71. The zero-order chi connectivity index (χ0) is 13.5. The number of hydrogen-bond donors (Lipinski definition) is 2. The molecule has 0 saturated heterocycles. The fourth-order valence-electron chi connectivity index (χ4n) is 2.23. The monoisotopic (exact) mass is 254 g/mol. The molecule has 18 heavy (non-hydrogen) atoms. The highest BCUT2D eigenvalue weighted by Gasteiger charge is 2.24. The van der Waals surface area contributed by atoms with E-state index in [0.29, 0.717) is 0 Å². The topological polar surface area (TPSA) is 58.2 Å². The van der Waals surface area contributed by atoms with Gasteiger partial charge in [0.1, 0.15) is 6.04 Å². The number of carbonyl (C=O) groups is 2. The van der Waals surface area contributed by atoms with Crippen molar-refractivity contribution in [1.82, 2.24) is 10.6 Å². The normalized spacial score (nSPS) is 19.9. The van der Waals surface area contributed by atoms with E-state index in [1.807, 2.05) is 13.8 Å². The van der Waals surface area contributed by atoms with Gasteiger partial charge in [-0.1, -0.05) is 26.2 Å². The Kier molecular flexibility index (Phi) is 6.16. The molecule has 0 aliphatic heterocycles. The van der Waals surface area contributed by atoms with Crippen molar-refractivity contribution in [1.29, 1.82) is 0 Å². The molecule has 0 unspecified atom stereocenters. The summed E-state index contributed by atoms with van der Waals surface area (Å²) in [4.78, 5) is 23.8. The van der Waals surface area contributed by atoms with Crippen LogP contribution in [0.5, 0.6) is 0 Å². The van der Waals surface area contributed by atoms with Crippen LogP contribution in [-0.4, -0.2) is 23.9 Å². The van der Waals surface area contributed by atoms with E-state index < -0.39 is 6.04 Å². The van der Waals surface area contributed by atoms with Gasteiger partial charge in [0, 0.05) is 12.0 Å². The average Bonchev–Trinajstić information content (AvgIpc) is 2.39. The highest BCUT2D eigenvalue weighted by molar-refractivity contribution is 5.88. The van der Waals surface area contributed by atoms with E-state index >= 15 is 0 Å². The Labute approximate surface area is 110 Å². The fourth-order valence-corrected chi connectivity index (χ4v) is 2.23. The molecule has 4 heteroatoms. The van der Waals surface area contributed by atoms with Crippen LogP contribution in [-0.2, 0) is 9.59 Å². The van der Waals surface area contributed by atoms with E-state index in [1.54, 1.807) is 6.92 Å². The van der Waals surface area contributed by atoms with Crippen molar-refractivity contribution in [2.45, 2.75) is 71.4 Å². The first-order valence-corrected chi connectivity index (χ1v) is 7.15. The summed E-state index contributed by atoms with van der Waals surface area (Å²) >= 11 is 0. The predicted octanol–water partition coefficient (Wildman–Crippen LogP) is 1.99. The Bertz CT molecular complexity index is 286. The molecule has 0 aromatic heterocycles. The number of nitrogens with one attached hydrogen (secondary N) is 2. The van der Waals surface area contributed by atoms with Gasteiger partial charge in [0.15, 0.2) is 0 Å². The summed E-state index contributed by atoms with van der Waals surface area (Å²) in [5.41, 5.74) is 0. The van der Waals surface area contributed by atoms with E-state index in [0.717, 1.165) is 32.1 Å². The van der Waals surface area contributed by atoms with Gasteiger partial charge in [-0.25, -0.2) is 0 Å². The largest absolute Gasteiger partial charge is 0.352 e. The molecule has 4 nitrogen and oxygen atoms in total. The van der Waals surface area contributed by atoms with Gasteiger partial charge < -0.3 is 10.6 Å². The summed E-state index contributed by atoms with van der Waals surface area (Å²) in [6, 6.07) is -0.278. The van der Waals surface area contributed by atoms with Crippen LogP contribution in [0, 0.1) is 5.92 Å². The predicted molar refractivity (Wildman–Crippen MR) is 72.1 cm³/mol. The van der Waals surface area contributed by atoms with Crippen molar-refractivity contribution in [2.75, 3.05) is 0 Å². The van der Waals surface area contributed by atoms with Gasteiger partial charge in [0.05, 0.1) is 0 Å². The molecule has 1 fully saturated rings. The zero-order valence-corrected chi connectivity index (χ0v) is 11.8. The third-order valence-corrected chi connectivity index (χ3v) is 3.73. The van der Waals surface area contributed by atoms with Crippen LogP contribution in [0.4, 0.5) is 0 Å². The van der Waals surface area contributed by atoms with Gasteiger partial charge in [-0.2, -0.15) is 0 Å². The molecule has 104 valence electrons. The van der Waals surface area contributed by atoms with Crippen molar-refractivity contribution < 1.29 is 9.59 Å². The lowest BCUT2D eigenvalue weighted by Gasteiger charge is -2.23. The van der Waals surface area contributed by atoms with Crippen molar-refractivity contribution in [3.05, 3.63) is 0 Å². The summed E-state index contributed by atoms with van der Waals surface area (Å²) in [6.45, 7) is 5.74. The van der Waals surface area contributed by atoms with Crippen LogP contribution >= 0.6 is 0 Å². The van der Waals surface area contributed by atoms with E-state index in [1.165, 1.54) is 6.42 Å². The molecule has 1 aliphatic carbocycles. The quantitative estimate of drug-likeness (QED) is 0.788. The smallest absolute Gasteiger partial charge is 0.242 e. The molecule has 2 atom stereocenters.